The summed E-state index contributed by atoms with van der Waals surface area (Å²) in [5.41, 5.74) is 1.22. The molecule has 0 fully saturated rings. The maximum absolute atomic E-state index is 11.7. The van der Waals surface area contributed by atoms with Crippen LogP contribution in [0.2, 0.25) is 0 Å². The average Bonchev–Trinajstić information content (AvgIpc) is 2.36. The summed E-state index contributed by atoms with van der Waals surface area (Å²) in [4.78, 5) is 11.7. The summed E-state index contributed by atoms with van der Waals surface area (Å²) in [5.74, 6) is 1.56. The van der Waals surface area contributed by atoms with E-state index in [-0.39, 0.29) is 18.6 Å². The van der Waals surface area contributed by atoms with E-state index >= 15 is 0 Å². The average molecular weight is 263 g/mol. The lowest BCUT2D eigenvalue weighted by Crippen LogP contribution is -2.38. The molecule has 0 radical (unpaired) electrons. The highest BCUT2D eigenvalue weighted by Crippen LogP contribution is 2.19. The van der Waals surface area contributed by atoms with E-state index in [4.69, 9.17) is 4.74 Å². The molecule has 0 aliphatic carbocycles. The third kappa shape index (κ3) is 5.33. The lowest BCUT2D eigenvalue weighted by molar-refractivity contribution is -0.124. The van der Waals surface area contributed by atoms with Crippen LogP contribution in [0.15, 0.2) is 24.3 Å². The van der Waals surface area contributed by atoms with Crippen LogP contribution in [0, 0.1) is 5.92 Å². The normalized spacial score (nSPS) is 12.6. The molecule has 0 saturated carbocycles. The van der Waals surface area contributed by atoms with Crippen LogP contribution in [-0.4, -0.2) is 18.6 Å². The van der Waals surface area contributed by atoms with Crippen LogP contribution in [0.25, 0.3) is 0 Å². The number of carbonyl (C=O) groups is 1. The molecule has 0 heterocycles. The first-order chi connectivity index (χ1) is 8.90. The molecular weight excluding hydrogens is 238 g/mol. The fourth-order valence-corrected chi connectivity index (χ4v) is 1.57. The zero-order valence-electron chi connectivity index (χ0n) is 12.6. The summed E-state index contributed by atoms with van der Waals surface area (Å²) in [6.07, 6.45) is 0. The zero-order valence-corrected chi connectivity index (χ0v) is 12.6. The molecule has 0 spiro atoms. The Labute approximate surface area is 116 Å². The van der Waals surface area contributed by atoms with Crippen molar-refractivity contribution in [3.05, 3.63) is 29.8 Å². The van der Waals surface area contributed by atoms with Gasteiger partial charge < -0.3 is 10.1 Å². The molecule has 0 saturated heterocycles. The standard InChI is InChI=1S/C16H25NO2/c1-11(2)13(5)17-16(18)10-19-15-8-6-7-14(9-15)12(3)4/h6-9,11-13H,10H2,1-5H3,(H,17,18). The first-order valence-electron chi connectivity index (χ1n) is 6.92. The van der Waals surface area contributed by atoms with Crippen LogP contribution in [-0.2, 0) is 4.79 Å². The highest BCUT2D eigenvalue weighted by molar-refractivity contribution is 5.77. The van der Waals surface area contributed by atoms with Crippen molar-refractivity contribution in [3.8, 4) is 5.75 Å². The lowest BCUT2D eigenvalue weighted by Gasteiger charge is -2.17. The predicted molar refractivity (Wildman–Crippen MR) is 78.5 cm³/mol. The molecule has 0 aromatic heterocycles. The Balaban J connectivity index is 2.48. The second kappa shape index (κ2) is 7.17. The van der Waals surface area contributed by atoms with Gasteiger partial charge in [0.05, 0.1) is 0 Å². The van der Waals surface area contributed by atoms with E-state index in [0.717, 1.165) is 5.75 Å². The first kappa shape index (κ1) is 15.5. The molecule has 106 valence electrons. The maximum Gasteiger partial charge on any atom is 0.258 e. The highest BCUT2D eigenvalue weighted by Gasteiger charge is 2.11. The van der Waals surface area contributed by atoms with Gasteiger partial charge in [-0.15, -0.1) is 0 Å². The van der Waals surface area contributed by atoms with E-state index in [2.05, 4.69) is 39.1 Å². The lowest BCUT2D eigenvalue weighted by atomic mass is 10.0. The van der Waals surface area contributed by atoms with Gasteiger partial charge >= 0.3 is 0 Å². The van der Waals surface area contributed by atoms with E-state index < -0.39 is 0 Å². The Morgan fingerprint density at radius 1 is 1.21 bits per heavy atom. The molecule has 3 heteroatoms. The minimum absolute atomic E-state index is 0.0681. The minimum Gasteiger partial charge on any atom is -0.484 e. The topological polar surface area (TPSA) is 38.3 Å². The Morgan fingerprint density at radius 2 is 1.89 bits per heavy atom. The van der Waals surface area contributed by atoms with E-state index in [0.29, 0.717) is 11.8 Å². The Kier molecular flexibility index (Phi) is 5.87. The molecule has 0 aliphatic rings. The zero-order chi connectivity index (χ0) is 14.4. The monoisotopic (exact) mass is 263 g/mol. The van der Waals surface area contributed by atoms with E-state index in [1.54, 1.807) is 0 Å². The SMILES string of the molecule is CC(C)c1cccc(OCC(=O)NC(C)C(C)C)c1. The van der Waals surface area contributed by atoms with Gasteiger partial charge in [-0.1, -0.05) is 39.8 Å². The van der Waals surface area contributed by atoms with Gasteiger partial charge in [0.25, 0.3) is 5.91 Å². The summed E-state index contributed by atoms with van der Waals surface area (Å²) in [6, 6.07) is 8.06. The molecule has 1 N–H and O–H groups in total. The summed E-state index contributed by atoms with van der Waals surface area (Å²) >= 11 is 0. The van der Waals surface area contributed by atoms with Crippen LogP contribution in [0.3, 0.4) is 0 Å². The molecule has 1 aromatic carbocycles. The fourth-order valence-electron chi connectivity index (χ4n) is 1.57. The molecule has 1 atom stereocenters. The molecule has 0 aliphatic heterocycles. The van der Waals surface area contributed by atoms with Gasteiger partial charge in [-0.05, 0) is 36.5 Å². The number of amides is 1. The van der Waals surface area contributed by atoms with Crippen molar-refractivity contribution < 1.29 is 9.53 Å². The third-order valence-corrected chi connectivity index (χ3v) is 3.28. The van der Waals surface area contributed by atoms with Crippen molar-refractivity contribution in [2.75, 3.05) is 6.61 Å². The van der Waals surface area contributed by atoms with Crippen molar-refractivity contribution in [2.45, 2.75) is 46.6 Å². The number of hydrogen-bond donors (Lipinski definition) is 1. The molecule has 1 aromatic rings. The highest BCUT2D eigenvalue weighted by atomic mass is 16.5. The van der Waals surface area contributed by atoms with Gasteiger partial charge in [0.15, 0.2) is 6.61 Å². The largest absolute Gasteiger partial charge is 0.484 e. The number of carbonyl (C=O) groups excluding carboxylic acids is 1. The number of hydrogen-bond acceptors (Lipinski definition) is 2. The first-order valence-corrected chi connectivity index (χ1v) is 6.92. The molecule has 19 heavy (non-hydrogen) atoms. The molecule has 1 rings (SSSR count). The van der Waals surface area contributed by atoms with Crippen LogP contribution >= 0.6 is 0 Å². The Hall–Kier alpha value is -1.51. The van der Waals surface area contributed by atoms with E-state index in [9.17, 15) is 4.79 Å². The van der Waals surface area contributed by atoms with Crippen molar-refractivity contribution in [2.24, 2.45) is 5.92 Å². The van der Waals surface area contributed by atoms with E-state index in [1.807, 2.05) is 25.1 Å². The van der Waals surface area contributed by atoms with Crippen LogP contribution in [0.1, 0.15) is 46.1 Å². The van der Waals surface area contributed by atoms with Crippen molar-refractivity contribution in [1.82, 2.24) is 5.32 Å². The van der Waals surface area contributed by atoms with Crippen LogP contribution < -0.4 is 10.1 Å². The van der Waals surface area contributed by atoms with Crippen molar-refractivity contribution in [1.29, 1.82) is 0 Å². The number of rotatable bonds is 6. The molecule has 1 unspecified atom stereocenters. The van der Waals surface area contributed by atoms with Gasteiger partial charge in [0, 0.05) is 6.04 Å². The van der Waals surface area contributed by atoms with Gasteiger partial charge in [-0.3, -0.25) is 4.79 Å². The van der Waals surface area contributed by atoms with Crippen molar-refractivity contribution in [3.63, 3.8) is 0 Å². The smallest absolute Gasteiger partial charge is 0.258 e. The number of ether oxygens (including phenoxy) is 1. The summed E-state index contributed by atoms with van der Waals surface area (Å²) in [7, 11) is 0. The summed E-state index contributed by atoms with van der Waals surface area (Å²) < 4.78 is 5.53. The number of benzene rings is 1. The molecular formula is C16H25NO2. The van der Waals surface area contributed by atoms with Gasteiger partial charge in [-0.25, -0.2) is 0 Å². The second-order valence-corrected chi connectivity index (χ2v) is 5.62. The minimum atomic E-state index is -0.0730. The summed E-state index contributed by atoms with van der Waals surface area (Å²) in [6.45, 7) is 10.5. The number of nitrogens with one attached hydrogen (secondary N) is 1. The van der Waals surface area contributed by atoms with Gasteiger partial charge in [-0.2, -0.15) is 0 Å². The molecule has 0 bridgehead atoms. The molecule has 1 amide bonds. The van der Waals surface area contributed by atoms with E-state index in [1.165, 1.54) is 5.56 Å². The summed E-state index contributed by atoms with van der Waals surface area (Å²) in [5, 5.41) is 2.92. The van der Waals surface area contributed by atoms with Crippen LogP contribution in [0.5, 0.6) is 5.75 Å². The second-order valence-electron chi connectivity index (χ2n) is 5.62. The van der Waals surface area contributed by atoms with Gasteiger partial charge in [0.1, 0.15) is 5.75 Å². The molecule has 3 nitrogen and oxygen atoms in total. The fraction of sp³-hybridized carbons (Fsp3) is 0.562. The predicted octanol–water partition coefficient (Wildman–Crippen LogP) is 3.35. The van der Waals surface area contributed by atoms with Crippen LogP contribution in [0.4, 0.5) is 0 Å². The van der Waals surface area contributed by atoms with Gasteiger partial charge in [0.2, 0.25) is 0 Å². The quantitative estimate of drug-likeness (QED) is 0.854. The van der Waals surface area contributed by atoms with Crippen molar-refractivity contribution >= 4 is 5.91 Å². The maximum atomic E-state index is 11.7. The third-order valence-electron chi connectivity index (χ3n) is 3.28. The Bertz CT molecular complexity index is 413. The Morgan fingerprint density at radius 3 is 2.47 bits per heavy atom.